The van der Waals surface area contributed by atoms with Crippen molar-refractivity contribution in [3.8, 4) is 22.3 Å². The van der Waals surface area contributed by atoms with Crippen molar-refractivity contribution >= 4 is 29.1 Å². The Morgan fingerprint density at radius 2 is 1.72 bits per heavy atom. The fourth-order valence-corrected chi connectivity index (χ4v) is 6.07. The van der Waals surface area contributed by atoms with Crippen LogP contribution in [0.4, 0.5) is 11.4 Å². The molecule has 2 aromatic carbocycles. The number of likely N-dealkylation sites (N-methyl/N-ethyl adjacent to an activating group) is 1. The Hall–Kier alpha value is -4.20. The van der Waals surface area contributed by atoms with Crippen LogP contribution in [0.1, 0.15) is 26.7 Å². The number of halogens is 1. The number of hydrogen-bond donors (Lipinski definition) is 1. The van der Waals surface area contributed by atoms with E-state index in [1.807, 2.05) is 43.3 Å². The van der Waals surface area contributed by atoms with E-state index in [0.717, 1.165) is 66.9 Å². The molecule has 0 amide bonds. The number of pyridine rings is 2. The van der Waals surface area contributed by atoms with Gasteiger partial charge in [0.05, 0.1) is 0 Å². The van der Waals surface area contributed by atoms with Crippen molar-refractivity contribution in [1.82, 2.24) is 14.5 Å². The normalized spacial score (nSPS) is 15.4. The molecule has 7 nitrogen and oxygen atoms in total. The Morgan fingerprint density at radius 3 is 2.40 bits per heavy atom. The quantitative estimate of drug-likeness (QED) is 0.305. The van der Waals surface area contributed by atoms with Crippen molar-refractivity contribution in [2.45, 2.75) is 33.2 Å². The highest BCUT2D eigenvalue weighted by Crippen LogP contribution is 2.30. The molecule has 0 saturated carbocycles. The molecular weight excluding hydrogens is 556 g/mol. The van der Waals surface area contributed by atoms with Gasteiger partial charge in [-0.2, -0.15) is 0 Å². The van der Waals surface area contributed by atoms with E-state index in [-0.39, 0.29) is 5.56 Å². The van der Waals surface area contributed by atoms with Crippen molar-refractivity contribution in [1.29, 1.82) is 0 Å². The third kappa shape index (κ3) is 6.01. The Bertz CT molecular complexity index is 1840. The van der Waals surface area contributed by atoms with E-state index in [0.29, 0.717) is 28.2 Å². The standard InChI is InChI=1S/C35H37ClN6O/c1-4-24-8-9-26-21-31(30-15-10-25(22-32(30)36)27-7-6-16-37-23-27)35(43)42(5-2)34(26)39-33(24)38-28-11-13-29(14-12-28)41-19-17-40(3)18-20-41/h6-7,9-16,21-23,38H,4-5,8,17-20H2,1-3H3. The highest BCUT2D eigenvalue weighted by atomic mass is 35.5. The second-order valence-electron chi connectivity index (χ2n) is 11.1. The zero-order chi connectivity index (χ0) is 29.9. The monoisotopic (exact) mass is 592 g/mol. The molecule has 8 heteroatoms. The first-order chi connectivity index (χ1) is 20.9. The number of benzene rings is 2. The molecular formula is C35H37ClN6O. The summed E-state index contributed by atoms with van der Waals surface area (Å²) in [5.74, 6) is 0.804. The van der Waals surface area contributed by atoms with Gasteiger partial charge in [-0.1, -0.05) is 42.8 Å². The van der Waals surface area contributed by atoms with E-state index in [1.54, 1.807) is 17.0 Å². The molecule has 0 aliphatic carbocycles. The first-order valence-electron chi connectivity index (χ1n) is 15.0. The highest BCUT2D eigenvalue weighted by molar-refractivity contribution is 6.33. The summed E-state index contributed by atoms with van der Waals surface area (Å²) in [5, 5.41) is 5.03. The molecule has 2 aliphatic heterocycles. The van der Waals surface area contributed by atoms with Gasteiger partial charge >= 0.3 is 0 Å². The lowest BCUT2D eigenvalue weighted by atomic mass is 10.0. The van der Waals surface area contributed by atoms with Gasteiger partial charge in [0, 0.05) is 83.4 Å². The summed E-state index contributed by atoms with van der Waals surface area (Å²) in [5.41, 5.74) is 7.18. The number of nitrogens with one attached hydrogen (secondary N) is 1. The van der Waals surface area contributed by atoms with Crippen molar-refractivity contribution in [2.24, 2.45) is 4.99 Å². The van der Waals surface area contributed by atoms with Crippen LogP contribution < -0.4 is 26.5 Å². The van der Waals surface area contributed by atoms with Gasteiger partial charge in [0.25, 0.3) is 5.56 Å². The topological polar surface area (TPSA) is 65.8 Å². The van der Waals surface area contributed by atoms with Gasteiger partial charge in [0.1, 0.15) is 11.3 Å². The molecule has 6 rings (SSSR count). The van der Waals surface area contributed by atoms with E-state index in [1.165, 1.54) is 11.3 Å². The van der Waals surface area contributed by atoms with Crippen LogP contribution in [-0.4, -0.2) is 47.7 Å². The molecule has 0 bridgehead atoms. The number of anilines is 2. The van der Waals surface area contributed by atoms with Crippen molar-refractivity contribution in [3.63, 3.8) is 0 Å². The van der Waals surface area contributed by atoms with Crippen molar-refractivity contribution in [3.05, 3.63) is 111 Å². The molecule has 2 aromatic heterocycles. The second-order valence-corrected chi connectivity index (χ2v) is 11.5. The van der Waals surface area contributed by atoms with Gasteiger partial charge in [-0.25, -0.2) is 4.99 Å². The predicted octanol–water partition coefficient (Wildman–Crippen LogP) is 5.54. The molecule has 43 heavy (non-hydrogen) atoms. The van der Waals surface area contributed by atoms with Crippen LogP contribution >= 0.6 is 11.6 Å². The first kappa shape index (κ1) is 28.9. The van der Waals surface area contributed by atoms with Gasteiger partial charge in [-0.3, -0.25) is 14.3 Å². The number of hydrogen-bond acceptors (Lipinski definition) is 6. The first-order valence-corrected chi connectivity index (χ1v) is 15.4. The Balaban J connectivity index is 1.35. The van der Waals surface area contributed by atoms with Crippen LogP contribution in [0.5, 0.6) is 0 Å². The lowest BCUT2D eigenvalue weighted by Crippen LogP contribution is -2.44. The van der Waals surface area contributed by atoms with Gasteiger partial charge in [0.2, 0.25) is 0 Å². The number of piperazine rings is 1. The summed E-state index contributed by atoms with van der Waals surface area (Å²) in [4.78, 5) is 28.0. The number of allylic oxidation sites excluding steroid dienone is 1. The van der Waals surface area contributed by atoms with E-state index in [2.05, 4.69) is 64.4 Å². The van der Waals surface area contributed by atoms with Gasteiger partial charge in [0.15, 0.2) is 0 Å². The molecule has 1 fully saturated rings. The van der Waals surface area contributed by atoms with Gasteiger partial charge < -0.3 is 15.1 Å². The minimum atomic E-state index is -0.106. The lowest BCUT2D eigenvalue weighted by molar-refractivity contribution is 0.313. The van der Waals surface area contributed by atoms with Gasteiger partial charge in [-0.15, -0.1) is 0 Å². The van der Waals surface area contributed by atoms with E-state index in [9.17, 15) is 4.79 Å². The van der Waals surface area contributed by atoms with Crippen LogP contribution in [0.15, 0.2) is 94.2 Å². The summed E-state index contributed by atoms with van der Waals surface area (Å²) in [6.07, 6.45) is 7.31. The Labute approximate surface area is 257 Å². The van der Waals surface area contributed by atoms with Crippen LogP contribution in [0.3, 0.4) is 0 Å². The van der Waals surface area contributed by atoms with Crippen LogP contribution in [0.2, 0.25) is 5.02 Å². The fraction of sp³-hybridized carbons (Fsp3) is 0.286. The maximum atomic E-state index is 13.9. The molecule has 4 aromatic rings. The van der Waals surface area contributed by atoms with E-state index >= 15 is 0 Å². The van der Waals surface area contributed by atoms with Crippen LogP contribution in [0.25, 0.3) is 28.3 Å². The number of fused-ring (bicyclic) bond motifs is 1. The van der Waals surface area contributed by atoms with E-state index in [4.69, 9.17) is 16.6 Å². The summed E-state index contributed by atoms with van der Waals surface area (Å²) in [6.45, 7) is 8.84. The third-order valence-corrected chi connectivity index (χ3v) is 8.72. The van der Waals surface area contributed by atoms with Crippen molar-refractivity contribution < 1.29 is 0 Å². The summed E-state index contributed by atoms with van der Waals surface area (Å²) < 4.78 is 1.75. The number of aromatic nitrogens is 2. The predicted molar refractivity (Wildman–Crippen MR) is 177 cm³/mol. The van der Waals surface area contributed by atoms with Crippen LogP contribution in [0, 0.1) is 0 Å². The molecule has 0 unspecified atom stereocenters. The molecule has 2 aliphatic rings. The third-order valence-electron chi connectivity index (χ3n) is 8.41. The molecule has 220 valence electrons. The zero-order valence-electron chi connectivity index (χ0n) is 25.0. The van der Waals surface area contributed by atoms with Crippen LogP contribution in [-0.2, 0) is 6.54 Å². The average molecular weight is 593 g/mol. The summed E-state index contributed by atoms with van der Waals surface area (Å²) >= 11 is 6.80. The van der Waals surface area contributed by atoms with E-state index < -0.39 is 0 Å². The Kier molecular flexibility index (Phi) is 8.45. The number of rotatable bonds is 7. The molecule has 1 saturated heterocycles. The van der Waals surface area contributed by atoms with Crippen molar-refractivity contribution in [2.75, 3.05) is 43.4 Å². The number of nitrogens with zero attached hydrogens (tertiary/aromatic N) is 5. The maximum Gasteiger partial charge on any atom is 0.260 e. The van der Waals surface area contributed by atoms with Gasteiger partial charge in [-0.05, 0) is 80.4 Å². The lowest BCUT2D eigenvalue weighted by Gasteiger charge is -2.34. The zero-order valence-corrected chi connectivity index (χ0v) is 25.7. The molecule has 0 spiro atoms. The molecule has 0 atom stereocenters. The summed E-state index contributed by atoms with van der Waals surface area (Å²) in [7, 11) is 2.17. The fourth-order valence-electron chi connectivity index (χ4n) is 5.79. The maximum absolute atomic E-state index is 13.9. The molecule has 1 N–H and O–H groups in total. The minimum absolute atomic E-state index is 0.106. The largest absolute Gasteiger partial charge is 0.369 e. The Morgan fingerprint density at radius 1 is 0.930 bits per heavy atom. The summed E-state index contributed by atoms with van der Waals surface area (Å²) in [6, 6.07) is 20.2. The minimum Gasteiger partial charge on any atom is -0.369 e. The smallest absolute Gasteiger partial charge is 0.260 e. The second kappa shape index (κ2) is 12.6. The molecule has 4 heterocycles. The molecule has 0 radical (unpaired) electrons. The SMILES string of the molecule is CCC1=C(Nc2ccc(N3CCN(C)CC3)cc2)N=c2c(cc(-c3ccc(-c4cccnc4)cc3Cl)c(=O)n2CC)=CC1. The highest BCUT2D eigenvalue weighted by Gasteiger charge is 2.17. The average Bonchev–Trinajstić information content (AvgIpc) is 3.20.